The van der Waals surface area contributed by atoms with Gasteiger partial charge in [-0.1, -0.05) is 13.3 Å². The van der Waals surface area contributed by atoms with Crippen molar-refractivity contribution in [2.75, 3.05) is 17.3 Å². The van der Waals surface area contributed by atoms with Gasteiger partial charge in [0.15, 0.2) is 0 Å². The minimum Gasteiger partial charge on any atom is -0.382 e. The molecule has 6 N–H and O–H groups in total. The maximum atomic E-state index is 5.58. The lowest BCUT2D eigenvalue weighted by Gasteiger charge is -1.96. The second kappa shape index (κ2) is 2.69. The summed E-state index contributed by atoms with van der Waals surface area (Å²) in [6, 6.07) is 0. The summed E-state index contributed by atoms with van der Waals surface area (Å²) in [6.45, 7) is 2.05. The molecule has 5 nitrogen and oxygen atoms in total. The summed E-state index contributed by atoms with van der Waals surface area (Å²) in [5, 5.41) is 0. The molecule has 0 bridgehead atoms. The minimum atomic E-state index is 0.269. The van der Waals surface area contributed by atoms with Gasteiger partial charge in [-0.25, -0.2) is 9.66 Å². The molecule has 0 aliphatic heterocycles. The monoisotopic (exact) mass is 155 g/mol. The molecule has 0 spiro atoms. The zero-order valence-electron chi connectivity index (χ0n) is 6.54. The van der Waals surface area contributed by atoms with Crippen molar-refractivity contribution in [2.45, 2.75) is 19.8 Å². The van der Waals surface area contributed by atoms with E-state index < -0.39 is 0 Å². The summed E-state index contributed by atoms with van der Waals surface area (Å²) >= 11 is 0. The number of hydrogen-bond donors (Lipinski definition) is 3. The van der Waals surface area contributed by atoms with Gasteiger partial charge in [0.05, 0.1) is 5.69 Å². The Morgan fingerprint density at radius 1 is 1.45 bits per heavy atom. The van der Waals surface area contributed by atoms with E-state index in [1.807, 2.05) is 6.92 Å². The molecular formula is C6H13N5. The zero-order chi connectivity index (χ0) is 8.43. The maximum absolute atomic E-state index is 5.58. The van der Waals surface area contributed by atoms with Crippen LogP contribution >= 0.6 is 0 Å². The number of nitrogens with zero attached hydrogens (tertiary/aromatic N) is 2. The number of anilines is 2. The van der Waals surface area contributed by atoms with Gasteiger partial charge in [0.2, 0.25) is 5.95 Å². The van der Waals surface area contributed by atoms with E-state index in [9.17, 15) is 0 Å². The van der Waals surface area contributed by atoms with Gasteiger partial charge in [-0.3, -0.25) is 0 Å². The topological polar surface area (TPSA) is 95.9 Å². The Hall–Kier alpha value is -1.39. The lowest BCUT2D eigenvalue weighted by atomic mass is 10.2. The quantitative estimate of drug-likeness (QED) is 0.511. The van der Waals surface area contributed by atoms with Crippen LogP contribution in [0.1, 0.15) is 19.0 Å². The van der Waals surface area contributed by atoms with Gasteiger partial charge in [0.1, 0.15) is 5.82 Å². The Morgan fingerprint density at radius 2 is 2.09 bits per heavy atom. The Kier molecular flexibility index (Phi) is 1.89. The van der Waals surface area contributed by atoms with Crippen molar-refractivity contribution < 1.29 is 0 Å². The van der Waals surface area contributed by atoms with Crippen molar-refractivity contribution in [3.63, 3.8) is 0 Å². The van der Waals surface area contributed by atoms with E-state index in [4.69, 9.17) is 17.3 Å². The van der Waals surface area contributed by atoms with E-state index in [-0.39, 0.29) is 5.95 Å². The first kappa shape index (κ1) is 7.71. The molecule has 0 amide bonds. The summed E-state index contributed by atoms with van der Waals surface area (Å²) in [5.74, 6) is 6.17. The van der Waals surface area contributed by atoms with Gasteiger partial charge in [0.25, 0.3) is 0 Å². The van der Waals surface area contributed by atoms with Gasteiger partial charge in [0, 0.05) is 0 Å². The maximum Gasteiger partial charge on any atom is 0.221 e. The van der Waals surface area contributed by atoms with E-state index in [1.54, 1.807) is 0 Å². The third kappa shape index (κ3) is 1.21. The van der Waals surface area contributed by atoms with E-state index in [0.29, 0.717) is 5.82 Å². The third-order valence-electron chi connectivity index (χ3n) is 1.54. The molecule has 0 saturated carbocycles. The number of aryl methyl sites for hydroxylation is 1. The highest BCUT2D eigenvalue weighted by atomic mass is 15.4. The second-order valence-corrected chi connectivity index (χ2v) is 2.42. The van der Waals surface area contributed by atoms with Crippen LogP contribution in [0.2, 0.25) is 0 Å². The van der Waals surface area contributed by atoms with Crippen LogP contribution in [0.4, 0.5) is 11.8 Å². The summed E-state index contributed by atoms with van der Waals surface area (Å²) in [6.07, 6.45) is 1.81. The first-order valence-electron chi connectivity index (χ1n) is 3.54. The van der Waals surface area contributed by atoms with Crippen LogP contribution in [0.5, 0.6) is 0 Å². The highest BCUT2D eigenvalue weighted by Crippen LogP contribution is 2.13. The number of nitrogens with two attached hydrogens (primary N) is 3. The van der Waals surface area contributed by atoms with Crippen LogP contribution < -0.4 is 17.3 Å². The van der Waals surface area contributed by atoms with Crippen molar-refractivity contribution >= 4 is 11.8 Å². The number of aromatic nitrogens is 2. The van der Waals surface area contributed by atoms with Crippen LogP contribution in [-0.2, 0) is 6.42 Å². The number of rotatable bonds is 2. The molecule has 0 aliphatic rings. The number of imidazole rings is 1. The third-order valence-corrected chi connectivity index (χ3v) is 1.54. The Bertz CT molecular complexity index is 252. The first-order chi connectivity index (χ1) is 5.16. The fourth-order valence-corrected chi connectivity index (χ4v) is 0.933. The second-order valence-electron chi connectivity index (χ2n) is 2.42. The summed E-state index contributed by atoms with van der Waals surface area (Å²) in [5.41, 5.74) is 11.8. The Labute approximate surface area is 65.2 Å². The predicted molar refractivity (Wildman–Crippen MR) is 45.2 cm³/mol. The molecule has 1 rings (SSSR count). The molecule has 0 saturated heterocycles. The average molecular weight is 155 g/mol. The van der Waals surface area contributed by atoms with Crippen LogP contribution in [0, 0.1) is 0 Å². The fraction of sp³-hybridized carbons (Fsp3) is 0.500. The van der Waals surface area contributed by atoms with Crippen LogP contribution in [-0.4, -0.2) is 9.66 Å². The molecule has 62 valence electrons. The van der Waals surface area contributed by atoms with Crippen LogP contribution in [0.3, 0.4) is 0 Å². The molecule has 0 aromatic carbocycles. The molecule has 0 radical (unpaired) electrons. The summed E-state index contributed by atoms with van der Waals surface area (Å²) < 4.78 is 1.20. The van der Waals surface area contributed by atoms with Gasteiger partial charge in [-0.05, 0) is 6.42 Å². The fourth-order valence-electron chi connectivity index (χ4n) is 0.933. The normalized spacial score (nSPS) is 10.3. The highest BCUT2D eigenvalue weighted by Gasteiger charge is 2.08. The minimum absolute atomic E-state index is 0.269. The molecule has 1 aromatic rings. The summed E-state index contributed by atoms with van der Waals surface area (Å²) in [4.78, 5) is 3.99. The highest BCUT2D eigenvalue weighted by molar-refractivity contribution is 5.44. The standard InChI is InChI=1S/C6H13N5/c1-2-3-4-5(7)11(9)6(8)10-4/h2-3,7,9H2,1H3,(H2,8,10). The lowest BCUT2D eigenvalue weighted by molar-refractivity contribution is 0.895. The van der Waals surface area contributed by atoms with Gasteiger partial charge in [-0.2, -0.15) is 0 Å². The SMILES string of the molecule is CCCc1nc(N)n(N)c1N. The zero-order valence-corrected chi connectivity index (χ0v) is 6.54. The average Bonchev–Trinajstić information content (AvgIpc) is 2.19. The van der Waals surface area contributed by atoms with Crippen LogP contribution in [0.25, 0.3) is 0 Å². The molecule has 0 unspecified atom stereocenters. The molecule has 1 aromatic heterocycles. The van der Waals surface area contributed by atoms with Crippen molar-refractivity contribution in [2.24, 2.45) is 0 Å². The predicted octanol–water partition coefficient (Wildman–Crippen LogP) is -0.286. The number of nitrogen functional groups attached to an aromatic ring is 3. The smallest absolute Gasteiger partial charge is 0.221 e. The van der Waals surface area contributed by atoms with E-state index >= 15 is 0 Å². The molecule has 5 heteroatoms. The molecule has 0 fully saturated rings. The largest absolute Gasteiger partial charge is 0.382 e. The molecule has 0 aliphatic carbocycles. The van der Waals surface area contributed by atoms with Gasteiger partial charge in [-0.15, -0.1) is 0 Å². The molecule has 11 heavy (non-hydrogen) atoms. The Balaban J connectivity index is 2.98. The first-order valence-corrected chi connectivity index (χ1v) is 3.54. The molecule has 0 atom stereocenters. The van der Waals surface area contributed by atoms with Crippen molar-refractivity contribution in [3.05, 3.63) is 5.69 Å². The van der Waals surface area contributed by atoms with E-state index in [2.05, 4.69) is 4.98 Å². The van der Waals surface area contributed by atoms with Crippen molar-refractivity contribution in [3.8, 4) is 0 Å². The molecular weight excluding hydrogens is 142 g/mol. The van der Waals surface area contributed by atoms with E-state index in [1.165, 1.54) is 4.68 Å². The summed E-state index contributed by atoms with van der Waals surface area (Å²) in [7, 11) is 0. The number of hydrogen-bond acceptors (Lipinski definition) is 4. The van der Waals surface area contributed by atoms with Gasteiger partial charge >= 0.3 is 0 Å². The van der Waals surface area contributed by atoms with Crippen molar-refractivity contribution in [1.82, 2.24) is 9.66 Å². The van der Waals surface area contributed by atoms with Crippen molar-refractivity contribution in [1.29, 1.82) is 0 Å². The van der Waals surface area contributed by atoms with Gasteiger partial charge < -0.3 is 17.3 Å². The lowest BCUT2D eigenvalue weighted by Crippen LogP contribution is -2.14. The van der Waals surface area contributed by atoms with E-state index in [0.717, 1.165) is 18.5 Å². The van der Waals surface area contributed by atoms with Crippen LogP contribution in [0.15, 0.2) is 0 Å². The molecule has 1 heterocycles. The Morgan fingerprint density at radius 3 is 2.45 bits per heavy atom.